The number of halogens is 2. The third-order valence-corrected chi connectivity index (χ3v) is 3.11. The molecule has 1 aromatic carbocycles. The van der Waals surface area contributed by atoms with Crippen molar-refractivity contribution in [3.8, 4) is 0 Å². The van der Waals surface area contributed by atoms with Crippen LogP contribution in [0, 0.1) is 18.6 Å². The zero-order valence-corrected chi connectivity index (χ0v) is 10.8. The van der Waals surface area contributed by atoms with Crippen LogP contribution in [0.1, 0.15) is 49.8 Å². The highest BCUT2D eigenvalue weighted by Gasteiger charge is 2.19. The molecule has 1 nitrogen and oxygen atoms in total. The van der Waals surface area contributed by atoms with Crippen LogP contribution in [0.25, 0.3) is 0 Å². The summed E-state index contributed by atoms with van der Waals surface area (Å²) in [7, 11) is 1.75. The first-order chi connectivity index (χ1) is 8.11. The minimum Gasteiger partial charge on any atom is -0.313 e. The molecule has 1 aromatic rings. The molecule has 96 valence electrons. The summed E-state index contributed by atoms with van der Waals surface area (Å²) >= 11 is 0. The average molecular weight is 241 g/mol. The first-order valence-electron chi connectivity index (χ1n) is 6.23. The summed E-state index contributed by atoms with van der Waals surface area (Å²) in [5.74, 6) is -0.871. The van der Waals surface area contributed by atoms with Crippen LogP contribution >= 0.6 is 0 Å². The van der Waals surface area contributed by atoms with Gasteiger partial charge < -0.3 is 5.32 Å². The van der Waals surface area contributed by atoms with Gasteiger partial charge in [-0.2, -0.15) is 0 Å². The van der Waals surface area contributed by atoms with E-state index in [1.165, 1.54) is 12.1 Å². The van der Waals surface area contributed by atoms with Crippen molar-refractivity contribution in [1.82, 2.24) is 5.32 Å². The monoisotopic (exact) mass is 241 g/mol. The Morgan fingerprint density at radius 1 is 1.24 bits per heavy atom. The first-order valence-corrected chi connectivity index (χ1v) is 6.23. The van der Waals surface area contributed by atoms with Gasteiger partial charge in [-0.3, -0.25) is 0 Å². The molecule has 0 bridgehead atoms. The highest BCUT2D eigenvalue weighted by Crippen LogP contribution is 2.26. The molecule has 0 aliphatic heterocycles. The van der Waals surface area contributed by atoms with E-state index in [-0.39, 0.29) is 11.6 Å². The zero-order valence-electron chi connectivity index (χ0n) is 10.8. The van der Waals surface area contributed by atoms with Crippen LogP contribution in [-0.4, -0.2) is 7.05 Å². The fraction of sp³-hybridized carbons (Fsp3) is 0.571. The Morgan fingerprint density at radius 3 is 2.53 bits per heavy atom. The molecule has 1 unspecified atom stereocenters. The van der Waals surface area contributed by atoms with Gasteiger partial charge in [-0.15, -0.1) is 0 Å². The Hall–Kier alpha value is -0.960. The van der Waals surface area contributed by atoms with Gasteiger partial charge in [-0.25, -0.2) is 8.78 Å². The van der Waals surface area contributed by atoms with Crippen molar-refractivity contribution in [3.05, 3.63) is 34.9 Å². The summed E-state index contributed by atoms with van der Waals surface area (Å²) in [6.07, 6.45) is 3.94. The van der Waals surface area contributed by atoms with Crippen molar-refractivity contribution in [1.29, 1.82) is 0 Å². The van der Waals surface area contributed by atoms with E-state index in [0.717, 1.165) is 25.7 Å². The zero-order chi connectivity index (χ0) is 12.8. The number of unbranched alkanes of at least 4 members (excludes halogenated alkanes) is 2. The molecule has 0 heterocycles. The van der Waals surface area contributed by atoms with Crippen molar-refractivity contribution in [2.24, 2.45) is 0 Å². The number of aryl methyl sites for hydroxylation is 1. The highest BCUT2D eigenvalue weighted by atomic mass is 19.1. The molecule has 0 aliphatic carbocycles. The number of hydrogen-bond donors (Lipinski definition) is 1. The molecular weight excluding hydrogens is 220 g/mol. The van der Waals surface area contributed by atoms with Gasteiger partial charge in [0.25, 0.3) is 0 Å². The molecule has 0 saturated carbocycles. The summed E-state index contributed by atoms with van der Waals surface area (Å²) in [4.78, 5) is 0. The van der Waals surface area contributed by atoms with Crippen LogP contribution in [0.15, 0.2) is 12.1 Å². The van der Waals surface area contributed by atoms with E-state index in [0.29, 0.717) is 5.56 Å². The third-order valence-electron chi connectivity index (χ3n) is 3.11. The number of rotatable bonds is 6. The van der Waals surface area contributed by atoms with Crippen LogP contribution in [0.3, 0.4) is 0 Å². The van der Waals surface area contributed by atoms with Gasteiger partial charge in [-0.1, -0.05) is 32.3 Å². The Bertz CT molecular complexity index is 363. The molecule has 1 rings (SSSR count). The summed E-state index contributed by atoms with van der Waals surface area (Å²) in [5, 5.41) is 3.01. The molecule has 0 spiro atoms. The maximum atomic E-state index is 13.9. The Labute approximate surface area is 102 Å². The maximum absolute atomic E-state index is 13.9. The summed E-state index contributed by atoms with van der Waals surface area (Å²) in [6.45, 7) is 3.78. The van der Waals surface area contributed by atoms with E-state index in [9.17, 15) is 8.78 Å². The standard InChI is InChI=1S/C14H21F2N/c1-4-5-6-7-12(17-3)13-11(15)9-8-10(2)14(13)16/h8-9,12,17H,4-7H2,1-3H3. The van der Waals surface area contributed by atoms with E-state index in [4.69, 9.17) is 0 Å². The van der Waals surface area contributed by atoms with Crippen LogP contribution in [0.5, 0.6) is 0 Å². The van der Waals surface area contributed by atoms with Gasteiger partial charge >= 0.3 is 0 Å². The Balaban J connectivity index is 2.91. The maximum Gasteiger partial charge on any atom is 0.133 e. The van der Waals surface area contributed by atoms with Crippen molar-refractivity contribution in [2.45, 2.75) is 45.6 Å². The predicted octanol–water partition coefficient (Wildman–Crippen LogP) is 4.11. The van der Waals surface area contributed by atoms with Gasteiger partial charge in [0.15, 0.2) is 0 Å². The molecule has 0 fully saturated rings. The summed E-state index contributed by atoms with van der Waals surface area (Å²) < 4.78 is 27.6. The van der Waals surface area contributed by atoms with Crippen LogP contribution in [-0.2, 0) is 0 Å². The first kappa shape index (κ1) is 14.1. The molecule has 0 aromatic heterocycles. The number of nitrogens with one attached hydrogen (secondary N) is 1. The second-order valence-electron chi connectivity index (χ2n) is 4.43. The second kappa shape index (κ2) is 6.70. The van der Waals surface area contributed by atoms with Gasteiger partial charge in [0.05, 0.1) is 0 Å². The van der Waals surface area contributed by atoms with Gasteiger partial charge in [-0.05, 0) is 32.0 Å². The van der Waals surface area contributed by atoms with Gasteiger partial charge in [0.1, 0.15) is 11.6 Å². The van der Waals surface area contributed by atoms with E-state index < -0.39 is 11.6 Å². The lowest BCUT2D eigenvalue weighted by molar-refractivity contribution is 0.453. The topological polar surface area (TPSA) is 12.0 Å². The Kier molecular flexibility index (Phi) is 5.56. The smallest absolute Gasteiger partial charge is 0.133 e. The molecule has 1 N–H and O–H groups in total. The van der Waals surface area contributed by atoms with E-state index >= 15 is 0 Å². The van der Waals surface area contributed by atoms with Crippen LogP contribution in [0.2, 0.25) is 0 Å². The quantitative estimate of drug-likeness (QED) is 0.739. The molecule has 0 aliphatic rings. The predicted molar refractivity (Wildman–Crippen MR) is 67.0 cm³/mol. The third kappa shape index (κ3) is 3.50. The van der Waals surface area contributed by atoms with Crippen molar-refractivity contribution >= 4 is 0 Å². The molecule has 3 heteroatoms. The average Bonchev–Trinajstić information content (AvgIpc) is 2.32. The fourth-order valence-corrected chi connectivity index (χ4v) is 2.03. The second-order valence-corrected chi connectivity index (χ2v) is 4.43. The molecule has 0 radical (unpaired) electrons. The summed E-state index contributed by atoms with van der Waals surface area (Å²) in [6, 6.07) is 2.59. The van der Waals surface area contributed by atoms with E-state index in [2.05, 4.69) is 12.2 Å². The van der Waals surface area contributed by atoms with Crippen LogP contribution in [0.4, 0.5) is 8.78 Å². The van der Waals surface area contributed by atoms with Crippen LogP contribution < -0.4 is 5.32 Å². The van der Waals surface area contributed by atoms with Crippen molar-refractivity contribution < 1.29 is 8.78 Å². The number of benzene rings is 1. The van der Waals surface area contributed by atoms with Crippen molar-refractivity contribution in [2.75, 3.05) is 7.05 Å². The normalized spacial score (nSPS) is 12.8. The molecule has 0 amide bonds. The van der Waals surface area contributed by atoms with Crippen molar-refractivity contribution in [3.63, 3.8) is 0 Å². The largest absolute Gasteiger partial charge is 0.313 e. The molecule has 17 heavy (non-hydrogen) atoms. The molecule has 1 atom stereocenters. The van der Waals surface area contributed by atoms with Gasteiger partial charge in [0.2, 0.25) is 0 Å². The summed E-state index contributed by atoms with van der Waals surface area (Å²) in [5.41, 5.74) is 0.681. The minimum absolute atomic E-state index is 0.184. The molecular formula is C14H21F2N. The SMILES string of the molecule is CCCCCC(NC)c1c(F)ccc(C)c1F. The number of hydrogen-bond acceptors (Lipinski definition) is 1. The molecule has 0 saturated heterocycles. The van der Waals surface area contributed by atoms with E-state index in [1.807, 2.05) is 0 Å². The lowest BCUT2D eigenvalue weighted by atomic mass is 9.97. The fourth-order valence-electron chi connectivity index (χ4n) is 2.03. The Morgan fingerprint density at radius 2 is 1.94 bits per heavy atom. The lowest BCUT2D eigenvalue weighted by Crippen LogP contribution is -2.19. The van der Waals surface area contributed by atoms with Gasteiger partial charge in [0, 0.05) is 11.6 Å². The highest BCUT2D eigenvalue weighted by molar-refractivity contribution is 5.29. The lowest BCUT2D eigenvalue weighted by Gasteiger charge is -2.18. The van der Waals surface area contributed by atoms with E-state index in [1.54, 1.807) is 14.0 Å². The minimum atomic E-state index is -0.455.